The summed E-state index contributed by atoms with van der Waals surface area (Å²) in [6, 6.07) is 0. The molecule has 82 valence electrons. The van der Waals surface area contributed by atoms with Crippen molar-refractivity contribution in [3.8, 4) is 0 Å². The van der Waals surface area contributed by atoms with Gasteiger partial charge in [-0.1, -0.05) is 32.4 Å². The molecule has 1 saturated carbocycles. The highest BCUT2D eigenvalue weighted by Gasteiger charge is 2.37. The first-order valence-electron chi connectivity index (χ1n) is 5.35. The molecule has 1 aliphatic carbocycles. The van der Waals surface area contributed by atoms with Crippen LogP contribution in [0.15, 0.2) is 11.6 Å². The maximum atomic E-state index is 8.98. The summed E-state index contributed by atoms with van der Waals surface area (Å²) in [6.07, 6.45) is 4.36. The van der Waals surface area contributed by atoms with Crippen molar-refractivity contribution in [3.05, 3.63) is 11.6 Å². The normalized spacial score (nSPS) is 34.8. The third-order valence-corrected chi connectivity index (χ3v) is 3.79. The summed E-state index contributed by atoms with van der Waals surface area (Å²) in [4.78, 5) is 0. The number of aliphatic hydroxyl groups excluding tert-OH is 1. The molecule has 0 amide bonds. The van der Waals surface area contributed by atoms with Gasteiger partial charge in [-0.2, -0.15) is 0 Å². The molecule has 0 aromatic rings. The lowest BCUT2D eigenvalue weighted by molar-refractivity contribution is 0.0368. The fraction of sp³-hybridized carbons (Fsp3) is 0.833. The molecule has 2 atom stereocenters. The van der Waals surface area contributed by atoms with Crippen LogP contribution in [-0.2, 0) is 4.74 Å². The molecule has 0 saturated heterocycles. The first kappa shape index (κ1) is 11.7. The fourth-order valence-corrected chi connectivity index (χ4v) is 2.23. The van der Waals surface area contributed by atoms with Gasteiger partial charge in [-0.3, -0.25) is 0 Å². The van der Waals surface area contributed by atoms with Crippen molar-refractivity contribution in [1.29, 1.82) is 0 Å². The van der Waals surface area contributed by atoms with Crippen molar-refractivity contribution in [3.63, 3.8) is 0 Å². The lowest BCUT2D eigenvalue weighted by atomic mass is 9.65. The second-order valence-electron chi connectivity index (χ2n) is 4.83. The van der Waals surface area contributed by atoms with Crippen molar-refractivity contribution in [1.82, 2.24) is 0 Å². The molecule has 0 aliphatic heterocycles. The molecule has 2 nitrogen and oxygen atoms in total. The van der Waals surface area contributed by atoms with E-state index in [0.29, 0.717) is 12.0 Å². The molecule has 0 bridgehead atoms. The predicted molar refractivity (Wildman–Crippen MR) is 58.1 cm³/mol. The molecule has 1 rings (SSSR count). The first-order chi connectivity index (χ1) is 6.52. The molecule has 0 aromatic carbocycles. The molecular weight excluding hydrogens is 176 g/mol. The van der Waals surface area contributed by atoms with E-state index >= 15 is 0 Å². The van der Waals surface area contributed by atoms with Gasteiger partial charge in [0.15, 0.2) is 0 Å². The molecule has 0 heterocycles. The van der Waals surface area contributed by atoms with E-state index in [1.54, 1.807) is 7.11 Å². The lowest BCUT2D eigenvalue weighted by Crippen LogP contribution is -2.35. The summed E-state index contributed by atoms with van der Waals surface area (Å²) in [6.45, 7) is 6.91. The van der Waals surface area contributed by atoms with Crippen molar-refractivity contribution in [2.24, 2.45) is 11.3 Å². The largest absolute Gasteiger partial charge is 0.392 e. The Morgan fingerprint density at radius 3 is 2.71 bits per heavy atom. The topological polar surface area (TPSA) is 29.5 Å². The van der Waals surface area contributed by atoms with E-state index in [1.807, 2.05) is 6.08 Å². The molecule has 1 aliphatic rings. The van der Waals surface area contributed by atoms with Crippen LogP contribution >= 0.6 is 0 Å². The van der Waals surface area contributed by atoms with E-state index in [4.69, 9.17) is 9.84 Å². The average Bonchev–Trinajstić information content (AvgIpc) is 2.13. The van der Waals surface area contributed by atoms with Crippen LogP contribution in [-0.4, -0.2) is 24.9 Å². The van der Waals surface area contributed by atoms with Gasteiger partial charge < -0.3 is 9.84 Å². The second-order valence-corrected chi connectivity index (χ2v) is 4.83. The standard InChI is InChI=1S/C12H22O2/c1-9-7-11(14-4)8-10(5-6-13)12(9,2)3/h5,9,11,13H,6-8H2,1-4H3. The summed E-state index contributed by atoms with van der Waals surface area (Å²) in [5.74, 6) is 0.610. The SMILES string of the molecule is COC1CC(=CCO)C(C)(C)C(C)C1. The van der Waals surface area contributed by atoms with Crippen molar-refractivity contribution < 1.29 is 9.84 Å². The minimum Gasteiger partial charge on any atom is -0.392 e. The molecule has 1 N–H and O–H groups in total. The maximum absolute atomic E-state index is 8.98. The van der Waals surface area contributed by atoms with Gasteiger partial charge in [-0.15, -0.1) is 0 Å². The zero-order valence-electron chi connectivity index (χ0n) is 9.71. The Bertz CT molecular complexity index is 218. The van der Waals surface area contributed by atoms with Crippen LogP contribution in [0.2, 0.25) is 0 Å². The van der Waals surface area contributed by atoms with Gasteiger partial charge in [0.25, 0.3) is 0 Å². The Morgan fingerprint density at radius 1 is 1.57 bits per heavy atom. The Labute approximate surface area is 87.0 Å². The van der Waals surface area contributed by atoms with E-state index in [9.17, 15) is 0 Å². The van der Waals surface area contributed by atoms with Gasteiger partial charge in [-0.25, -0.2) is 0 Å². The fourth-order valence-electron chi connectivity index (χ4n) is 2.23. The Kier molecular flexibility index (Phi) is 3.73. The zero-order chi connectivity index (χ0) is 10.8. The number of hydrogen-bond acceptors (Lipinski definition) is 2. The Balaban J connectivity index is 2.84. The van der Waals surface area contributed by atoms with Crippen LogP contribution in [0.4, 0.5) is 0 Å². The molecular formula is C12H22O2. The summed E-state index contributed by atoms with van der Waals surface area (Å²) in [7, 11) is 1.77. The molecule has 0 radical (unpaired) electrons. The number of aliphatic hydroxyl groups is 1. The molecule has 0 aromatic heterocycles. The minimum atomic E-state index is 0.141. The predicted octanol–water partition coefficient (Wildman–Crippen LogP) is 2.38. The quantitative estimate of drug-likeness (QED) is 0.690. The van der Waals surface area contributed by atoms with Gasteiger partial charge in [0, 0.05) is 7.11 Å². The van der Waals surface area contributed by atoms with E-state index in [2.05, 4.69) is 20.8 Å². The molecule has 0 spiro atoms. The number of methoxy groups -OCH3 is 1. The number of ether oxygens (including phenoxy) is 1. The van der Waals surface area contributed by atoms with E-state index in [-0.39, 0.29) is 12.0 Å². The summed E-state index contributed by atoms with van der Waals surface area (Å²) < 4.78 is 5.41. The molecule has 2 unspecified atom stereocenters. The van der Waals surface area contributed by atoms with Gasteiger partial charge in [0.2, 0.25) is 0 Å². The third kappa shape index (κ3) is 2.18. The van der Waals surface area contributed by atoms with Gasteiger partial charge >= 0.3 is 0 Å². The third-order valence-electron chi connectivity index (χ3n) is 3.79. The van der Waals surface area contributed by atoms with Crippen LogP contribution in [0.1, 0.15) is 33.6 Å². The number of hydrogen-bond donors (Lipinski definition) is 1. The van der Waals surface area contributed by atoms with E-state index in [0.717, 1.165) is 12.8 Å². The highest BCUT2D eigenvalue weighted by atomic mass is 16.5. The minimum absolute atomic E-state index is 0.141. The number of rotatable bonds is 2. The Morgan fingerprint density at radius 2 is 2.21 bits per heavy atom. The van der Waals surface area contributed by atoms with Crippen molar-refractivity contribution >= 4 is 0 Å². The lowest BCUT2D eigenvalue weighted by Gasteiger charge is -2.42. The monoisotopic (exact) mass is 198 g/mol. The van der Waals surface area contributed by atoms with Crippen LogP contribution < -0.4 is 0 Å². The highest BCUT2D eigenvalue weighted by Crippen LogP contribution is 2.44. The first-order valence-corrected chi connectivity index (χ1v) is 5.35. The summed E-state index contributed by atoms with van der Waals surface area (Å²) >= 11 is 0. The van der Waals surface area contributed by atoms with Crippen LogP contribution in [0.25, 0.3) is 0 Å². The molecule has 2 heteroatoms. The summed E-state index contributed by atoms with van der Waals surface area (Å²) in [5.41, 5.74) is 1.54. The molecule has 14 heavy (non-hydrogen) atoms. The highest BCUT2D eigenvalue weighted by molar-refractivity contribution is 5.18. The van der Waals surface area contributed by atoms with Gasteiger partial charge in [-0.05, 0) is 24.2 Å². The smallest absolute Gasteiger partial charge is 0.0615 e. The van der Waals surface area contributed by atoms with Crippen molar-refractivity contribution in [2.75, 3.05) is 13.7 Å². The van der Waals surface area contributed by atoms with Crippen LogP contribution in [0, 0.1) is 11.3 Å². The zero-order valence-corrected chi connectivity index (χ0v) is 9.71. The van der Waals surface area contributed by atoms with E-state index < -0.39 is 0 Å². The van der Waals surface area contributed by atoms with Crippen LogP contribution in [0.3, 0.4) is 0 Å². The maximum Gasteiger partial charge on any atom is 0.0615 e. The summed E-state index contributed by atoms with van der Waals surface area (Å²) in [5, 5.41) is 8.98. The van der Waals surface area contributed by atoms with Crippen LogP contribution in [0.5, 0.6) is 0 Å². The van der Waals surface area contributed by atoms with Crippen molar-refractivity contribution in [2.45, 2.75) is 39.7 Å². The molecule has 1 fully saturated rings. The average molecular weight is 198 g/mol. The second kappa shape index (κ2) is 4.45. The van der Waals surface area contributed by atoms with E-state index in [1.165, 1.54) is 5.57 Å². The van der Waals surface area contributed by atoms with Gasteiger partial charge in [0.1, 0.15) is 0 Å². The van der Waals surface area contributed by atoms with Gasteiger partial charge in [0.05, 0.1) is 12.7 Å². The Hall–Kier alpha value is -0.340.